The summed E-state index contributed by atoms with van der Waals surface area (Å²) in [7, 11) is 0. The number of ether oxygens (including phenoxy) is 2. The van der Waals surface area contributed by atoms with E-state index in [2.05, 4.69) is 6.58 Å². The van der Waals surface area contributed by atoms with E-state index in [1.807, 2.05) is 13.0 Å². The van der Waals surface area contributed by atoms with Gasteiger partial charge >= 0.3 is 11.9 Å². The maximum Gasteiger partial charge on any atom is 0.334 e. The Balaban J connectivity index is 2.11. The van der Waals surface area contributed by atoms with E-state index in [1.165, 1.54) is 6.92 Å². The number of allylic oxidation sites excluding steroid dienone is 1. The molecule has 126 valence electrons. The Labute approximate surface area is 134 Å². The van der Waals surface area contributed by atoms with E-state index in [0.29, 0.717) is 6.42 Å². The lowest BCUT2D eigenvalue weighted by atomic mass is 9.75. The molecule has 1 saturated heterocycles. The number of rotatable bonds is 1. The summed E-state index contributed by atoms with van der Waals surface area (Å²) in [6.07, 6.45) is -0.426. The molecule has 1 aliphatic heterocycles. The van der Waals surface area contributed by atoms with Gasteiger partial charge in [-0.05, 0) is 20.3 Å². The summed E-state index contributed by atoms with van der Waals surface area (Å²) in [5, 5.41) is 21.9. The molecular formula is C17H22O6. The molecule has 0 aromatic heterocycles. The molecule has 0 spiro atoms. The van der Waals surface area contributed by atoms with Crippen LogP contribution in [0.1, 0.15) is 27.2 Å². The second kappa shape index (κ2) is 5.18. The van der Waals surface area contributed by atoms with Crippen LogP contribution in [0.4, 0.5) is 0 Å². The first-order chi connectivity index (χ1) is 10.7. The summed E-state index contributed by atoms with van der Waals surface area (Å²) in [6.45, 7) is 8.46. The third kappa shape index (κ3) is 2.23. The van der Waals surface area contributed by atoms with Crippen LogP contribution in [0, 0.1) is 17.8 Å². The first-order valence-electron chi connectivity index (χ1n) is 7.80. The van der Waals surface area contributed by atoms with E-state index >= 15 is 0 Å². The molecule has 23 heavy (non-hydrogen) atoms. The molecule has 0 aromatic rings. The fourth-order valence-corrected chi connectivity index (χ4v) is 4.42. The molecule has 0 radical (unpaired) electrons. The number of aliphatic hydroxyl groups is 2. The maximum atomic E-state index is 12.0. The zero-order chi connectivity index (χ0) is 17.1. The molecule has 0 aromatic carbocycles. The van der Waals surface area contributed by atoms with Crippen molar-refractivity contribution >= 4 is 11.9 Å². The molecule has 1 heterocycles. The summed E-state index contributed by atoms with van der Waals surface area (Å²) in [6, 6.07) is 0. The lowest BCUT2D eigenvalue weighted by molar-refractivity contribution is -0.186. The fraction of sp³-hybridized carbons (Fsp3) is 0.647. The van der Waals surface area contributed by atoms with Gasteiger partial charge in [0, 0.05) is 24.3 Å². The van der Waals surface area contributed by atoms with Gasteiger partial charge in [0.05, 0.1) is 5.92 Å². The molecule has 3 aliphatic rings. The van der Waals surface area contributed by atoms with Crippen molar-refractivity contribution in [1.29, 1.82) is 0 Å². The van der Waals surface area contributed by atoms with Gasteiger partial charge in [-0.2, -0.15) is 0 Å². The van der Waals surface area contributed by atoms with Crippen LogP contribution in [-0.4, -0.2) is 46.1 Å². The van der Waals surface area contributed by atoms with E-state index in [-0.39, 0.29) is 17.4 Å². The number of carbonyl (C=O) groups excluding carboxylic acids is 2. The maximum absolute atomic E-state index is 12.0. The molecule has 2 N–H and O–H groups in total. The largest absolute Gasteiger partial charge is 0.458 e. The number of carbonyl (C=O) groups is 2. The number of aliphatic hydroxyl groups excluding tert-OH is 1. The van der Waals surface area contributed by atoms with Crippen LogP contribution in [-0.2, 0) is 19.1 Å². The van der Waals surface area contributed by atoms with Crippen molar-refractivity contribution in [2.45, 2.75) is 51.1 Å². The number of fused-ring (bicyclic) bond motifs is 3. The van der Waals surface area contributed by atoms with Crippen LogP contribution in [0.15, 0.2) is 23.8 Å². The van der Waals surface area contributed by atoms with Crippen LogP contribution in [0.25, 0.3) is 0 Å². The molecule has 7 atom stereocenters. The van der Waals surface area contributed by atoms with Gasteiger partial charge in [-0.15, -0.1) is 0 Å². The Kier molecular flexibility index (Phi) is 3.65. The van der Waals surface area contributed by atoms with Crippen molar-refractivity contribution in [1.82, 2.24) is 0 Å². The van der Waals surface area contributed by atoms with Crippen molar-refractivity contribution in [3.8, 4) is 0 Å². The Hall–Kier alpha value is -1.66. The number of hydrogen-bond acceptors (Lipinski definition) is 6. The van der Waals surface area contributed by atoms with Crippen LogP contribution >= 0.6 is 0 Å². The summed E-state index contributed by atoms with van der Waals surface area (Å²) in [5.41, 5.74) is -0.277. The van der Waals surface area contributed by atoms with Crippen LogP contribution in [0.2, 0.25) is 0 Å². The number of esters is 2. The van der Waals surface area contributed by atoms with Gasteiger partial charge in [-0.1, -0.05) is 18.2 Å². The minimum atomic E-state index is -1.44. The first-order valence-corrected chi connectivity index (χ1v) is 7.80. The normalized spacial score (nSPS) is 45.7. The molecule has 3 rings (SSSR count). The second-order valence-corrected chi connectivity index (χ2v) is 6.98. The lowest BCUT2D eigenvalue weighted by Crippen LogP contribution is -2.54. The molecule has 0 bridgehead atoms. The Morgan fingerprint density at radius 2 is 2.13 bits per heavy atom. The van der Waals surface area contributed by atoms with Gasteiger partial charge in [0.1, 0.15) is 17.8 Å². The molecule has 1 unspecified atom stereocenters. The van der Waals surface area contributed by atoms with Crippen molar-refractivity contribution in [3.63, 3.8) is 0 Å². The summed E-state index contributed by atoms with van der Waals surface area (Å²) in [4.78, 5) is 23.4. The molecule has 2 fully saturated rings. The van der Waals surface area contributed by atoms with Crippen molar-refractivity contribution < 1.29 is 29.3 Å². The van der Waals surface area contributed by atoms with E-state index in [0.717, 1.165) is 5.57 Å². The highest BCUT2D eigenvalue weighted by Gasteiger charge is 2.62. The topological polar surface area (TPSA) is 93.1 Å². The smallest absolute Gasteiger partial charge is 0.334 e. The molecular weight excluding hydrogens is 300 g/mol. The van der Waals surface area contributed by atoms with Gasteiger partial charge in [-0.3, -0.25) is 4.79 Å². The highest BCUT2D eigenvalue weighted by Crippen LogP contribution is 2.52. The van der Waals surface area contributed by atoms with Crippen molar-refractivity contribution in [2.75, 3.05) is 0 Å². The van der Waals surface area contributed by atoms with Gasteiger partial charge in [-0.25, -0.2) is 4.79 Å². The van der Waals surface area contributed by atoms with Gasteiger partial charge in [0.15, 0.2) is 6.10 Å². The van der Waals surface area contributed by atoms with Crippen molar-refractivity contribution in [2.24, 2.45) is 17.8 Å². The highest BCUT2D eigenvalue weighted by atomic mass is 16.6. The molecule has 2 aliphatic carbocycles. The van der Waals surface area contributed by atoms with Crippen LogP contribution in [0.5, 0.6) is 0 Å². The first kappa shape index (κ1) is 16.2. The Morgan fingerprint density at radius 3 is 2.74 bits per heavy atom. The molecule has 6 heteroatoms. The van der Waals surface area contributed by atoms with E-state index in [9.17, 15) is 19.8 Å². The molecule has 6 nitrogen and oxygen atoms in total. The predicted molar refractivity (Wildman–Crippen MR) is 80.0 cm³/mol. The van der Waals surface area contributed by atoms with Gasteiger partial charge in [0.25, 0.3) is 0 Å². The van der Waals surface area contributed by atoms with Crippen molar-refractivity contribution in [3.05, 3.63) is 23.8 Å². The fourth-order valence-electron chi connectivity index (χ4n) is 4.42. The number of hydrogen-bond donors (Lipinski definition) is 2. The zero-order valence-electron chi connectivity index (χ0n) is 13.5. The summed E-state index contributed by atoms with van der Waals surface area (Å²) in [5.74, 6) is -2.37. The predicted octanol–water partition coefficient (Wildman–Crippen LogP) is 0.724. The van der Waals surface area contributed by atoms with Crippen LogP contribution in [0.3, 0.4) is 0 Å². The standard InChI is InChI=1S/C17H22O6/c1-7-5-6-10-11(7)14-12(8(2)16(20)23-14)13(19)15(17(10,4)21)22-9(3)18/h5,10-15,19,21H,2,6H2,1,3-4H3/t10-,11+,12?,13-,14-,15-,17+/m1/s1. The summed E-state index contributed by atoms with van der Waals surface area (Å²) < 4.78 is 10.7. The lowest BCUT2D eigenvalue weighted by Gasteiger charge is -2.39. The molecule has 0 amide bonds. The van der Waals surface area contributed by atoms with E-state index < -0.39 is 41.8 Å². The van der Waals surface area contributed by atoms with E-state index in [1.54, 1.807) is 6.92 Å². The summed E-state index contributed by atoms with van der Waals surface area (Å²) >= 11 is 0. The average molecular weight is 322 g/mol. The third-order valence-corrected chi connectivity index (χ3v) is 5.57. The molecule has 1 saturated carbocycles. The van der Waals surface area contributed by atoms with Crippen LogP contribution < -0.4 is 0 Å². The average Bonchev–Trinajstić information content (AvgIpc) is 2.95. The zero-order valence-corrected chi connectivity index (χ0v) is 13.5. The SMILES string of the molecule is C=C1C(=O)O[C@H]2C1[C@@H](O)[C@@H](OC(C)=O)[C@@](C)(O)[C@@H]1CC=C(C)[C@@H]12. The minimum absolute atomic E-state index is 0.163. The highest BCUT2D eigenvalue weighted by molar-refractivity contribution is 5.91. The van der Waals surface area contributed by atoms with Gasteiger partial charge < -0.3 is 19.7 Å². The third-order valence-electron chi connectivity index (χ3n) is 5.57. The Morgan fingerprint density at radius 1 is 1.48 bits per heavy atom. The Bertz CT molecular complexity index is 604. The monoisotopic (exact) mass is 322 g/mol. The quantitative estimate of drug-likeness (QED) is 0.420. The second-order valence-electron chi connectivity index (χ2n) is 6.98. The van der Waals surface area contributed by atoms with Gasteiger partial charge in [0.2, 0.25) is 0 Å². The van der Waals surface area contributed by atoms with E-state index in [4.69, 9.17) is 9.47 Å². The minimum Gasteiger partial charge on any atom is -0.458 e.